The lowest BCUT2D eigenvalue weighted by Gasteiger charge is -2.30. The molecular weight excluding hydrogens is 506 g/mol. The van der Waals surface area contributed by atoms with E-state index in [1.54, 1.807) is 0 Å². The molecule has 1 atom stereocenters. The van der Waals surface area contributed by atoms with Gasteiger partial charge in [0.05, 0.1) is 35.8 Å². The Kier molecular flexibility index (Phi) is 6.90. The third-order valence-electron chi connectivity index (χ3n) is 6.74. The van der Waals surface area contributed by atoms with Crippen molar-refractivity contribution < 1.29 is 14.3 Å². The Hall–Kier alpha value is -5.09. The molecule has 4 aromatic rings. The molecule has 40 heavy (non-hydrogen) atoms. The van der Waals surface area contributed by atoms with Crippen LogP contribution in [0.2, 0.25) is 0 Å². The molecule has 2 aliphatic rings. The van der Waals surface area contributed by atoms with Gasteiger partial charge in [0.15, 0.2) is 0 Å². The zero-order chi connectivity index (χ0) is 27.5. The first-order valence-electron chi connectivity index (χ1n) is 12.9. The van der Waals surface area contributed by atoms with Crippen LogP contribution in [0.15, 0.2) is 89.9 Å². The largest absolute Gasteiger partial charge is 0.405 e. The van der Waals surface area contributed by atoms with Gasteiger partial charge in [0.25, 0.3) is 11.9 Å². The van der Waals surface area contributed by atoms with E-state index in [9.17, 15) is 4.79 Å². The van der Waals surface area contributed by atoms with Crippen molar-refractivity contribution in [1.29, 1.82) is 10.8 Å². The summed E-state index contributed by atoms with van der Waals surface area (Å²) >= 11 is 0. The number of benzodiazepines with no additional fused rings is 1. The fourth-order valence-corrected chi connectivity index (χ4v) is 4.80. The SMILES string of the molecule is N=C(NC1N=C(c2ccccc2)c2ccccc2NC1=O)OC(=N)c1nc2ccccc2cc1N1CCOCC1. The third kappa shape index (κ3) is 5.12. The van der Waals surface area contributed by atoms with Crippen molar-refractivity contribution >= 4 is 45.8 Å². The number of aromatic nitrogens is 1. The number of amidine groups is 1. The summed E-state index contributed by atoms with van der Waals surface area (Å²) in [5.41, 5.74) is 4.55. The number of hydrogen-bond donors (Lipinski definition) is 4. The number of benzene rings is 3. The number of carbonyl (C=O) groups is 1. The number of ether oxygens (including phenoxy) is 2. The van der Waals surface area contributed by atoms with Crippen molar-refractivity contribution in [3.8, 4) is 0 Å². The highest BCUT2D eigenvalue weighted by molar-refractivity contribution is 6.20. The maximum absolute atomic E-state index is 13.1. The number of carbonyl (C=O) groups excluding carboxylic acids is 1. The molecule has 10 nitrogen and oxygen atoms in total. The molecule has 200 valence electrons. The Morgan fingerprint density at radius 2 is 1.70 bits per heavy atom. The van der Waals surface area contributed by atoms with Gasteiger partial charge in [-0.2, -0.15) is 0 Å². The highest BCUT2D eigenvalue weighted by atomic mass is 16.5. The molecule has 3 aromatic carbocycles. The molecular formula is C30H27N7O3. The van der Waals surface area contributed by atoms with E-state index in [-0.39, 0.29) is 5.90 Å². The molecule has 0 bridgehead atoms. The van der Waals surface area contributed by atoms with Crippen LogP contribution >= 0.6 is 0 Å². The summed E-state index contributed by atoms with van der Waals surface area (Å²) in [7, 11) is 0. The van der Waals surface area contributed by atoms with Crippen LogP contribution in [-0.4, -0.2) is 61.0 Å². The maximum Gasteiger partial charge on any atom is 0.290 e. The molecule has 1 fully saturated rings. The van der Waals surface area contributed by atoms with Crippen molar-refractivity contribution in [2.45, 2.75) is 6.17 Å². The minimum absolute atomic E-state index is 0.304. The zero-order valence-electron chi connectivity index (χ0n) is 21.6. The van der Waals surface area contributed by atoms with Crippen molar-refractivity contribution in [1.82, 2.24) is 10.3 Å². The monoisotopic (exact) mass is 533 g/mol. The van der Waals surface area contributed by atoms with Crippen LogP contribution in [0.4, 0.5) is 11.4 Å². The number of pyridine rings is 1. The predicted octanol–water partition coefficient (Wildman–Crippen LogP) is 3.75. The number of nitrogens with zero attached hydrogens (tertiary/aromatic N) is 3. The molecule has 2 aliphatic heterocycles. The normalized spacial score (nSPS) is 16.8. The predicted molar refractivity (Wildman–Crippen MR) is 154 cm³/mol. The number of nitrogens with one attached hydrogen (secondary N) is 4. The van der Waals surface area contributed by atoms with Crippen molar-refractivity contribution in [3.63, 3.8) is 0 Å². The molecule has 0 saturated carbocycles. The van der Waals surface area contributed by atoms with Gasteiger partial charge < -0.3 is 25.0 Å². The van der Waals surface area contributed by atoms with Crippen LogP contribution in [-0.2, 0) is 14.3 Å². The van der Waals surface area contributed by atoms with Gasteiger partial charge in [0, 0.05) is 29.6 Å². The molecule has 1 aromatic heterocycles. The summed E-state index contributed by atoms with van der Waals surface area (Å²) in [6.45, 7) is 2.43. The molecule has 3 heterocycles. The number of fused-ring (bicyclic) bond motifs is 2. The van der Waals surface area contributed by atoms with Gasteiger partial charge in [-0.15, -0.1) is 0 Å². The molecule has 1 unspecified atom stereocenters. The van der Waals surface area contributed by atoms with Crippen molar-refractivity contribution in [3.05, 3.63) is 102 Å². The molecule has 0 radical (unpaired) electrons. The standard InChI is InChI=1S/C30H27N7O3/c31-27(26-24(37-14-16-39-17-15-37)18-20-10-4-6-12-22(20)33-26)40-30(32)36-28-29(38)34-23-13-7-5-11-21(23)25(35-28)19-8-2-1-3-9-19/h1-13,18,28,31H,14-17H2,(H2,32,36)(H,34,38). The Labute approximate surface area is 230 Å². The molecule has 0 aliphatic carbocycles. The second-order valence-electron chi connectivity index (χ2n) is 9.33. The van der Waals surface area contributed by atoms with Crippen molar-refractivity contribution in [2.75, 3.05) is 36.5 Å². The van der Waals surface area contributed by atoms with E-state index in [2.05, 4.69) is 20.5 Å². The lowest BCUT2D eigenvalue weighted by Crippen LogP contribution is -2.43. The zero-order valence-corrected chi connectivity index (χ0v) is 21.6. The van der Waals surface area contributed by atoms with E-state index in [4.69, 9.17) is 25.3 Å². The first-order chi connectivity index (χ1) is 19.6. The van der Waals surface area contributed by atoms with Gasteiger partial charge >= 0.3 is 0 Å². The number of para-hydroxylation sites is 2. The summed E-state index contributed by atoms with van der Waals surface area (Å²) in [5.74, 6) is -0.759. The second kappa shape index (κ2) is 11.0. The molecule has 10 heteroatoms. The van der Waals surface area contributed by atoms with Gasteiger partial charge in [0.1, 0.15) is 5.69 Å². The van der Waals surface area contributed by atoms with Gasteiger partial charge in [-0.25, -0.2) is 9.98 Å². The highest BCUT2D eigenvalue weighted by Gasteiger charge is 2.28. The van der Waals surface area contributed by atoms with E-state index in [0.29, 0.717) is 48.9 Å². The molecule has 4 N–H and O–H groups in total. The Morgan fingerprint density at radius 1 is 0.975 bits per heavy atom. The maximum atomic E-state index is 13.1. The number of aliphatic imine (C=N–C) groups is 1. The van der Waals surface area contributed by atoms with Crippen LogP contribution in [0, 0.1) is 10.8 Å². The Balaban J connectivity index is 1.27. The number of hydrogen-bond acceptors (Lipinski definition) is 8. The highest BCUT2D eigenvalue weighted by Crippen LogP contribution is 2.27. The summed E-state index contributed by atoms with van der Waals surface area (Å²) < 4.78 is 11.1. The van der Waals surface area contributed by atoms with Crippen LogP contribution in [0.3, 0.4) is 0 Å². The summed E-state index contributed by atoms with van der Waals surface area (Å²) in [4.78, 5) is 24.6. The van der Waals surface area contributed by atoms with E-state index >= 15 is 0 Å². The fourth-order valence-electron chi connectivity index (χ4n) is 4.80. The third-order valence-corrected chi connectivity index (χ3v) is 6.74. The smallest absolute Gasteiger partial charge is 0.290 e. The van der Waals surface area contributed by atoms with Crippen LogP contribution in [0.5, 0.6) is 0 Å². The molecule has 0 spiro atoms. The van der Waals surface area contributed by atoms with Crippen LogP contribution < -0.4 is 15.5 Å². The second-order valence-corrected chi connectivity index (χ2v) is 9.33. The quantitative estimate of drug-likeness (QED) is 0.233. The average molecular weight is 534 g/mol. The first kappa shape index (κ1) is 25.2. The lowest BCUT2D eigenvalue weighted by atomic mass is 10.0. The molecule has 1 amide bonds. The number of morpholine rings is 1. The van der Waals surface area contributed by atoms with Crippen LogP contribution in [0.25, 0.3) is 10.9 Å². The van der Waals surface area contributed by atoms with E-state index in [1.807, 2.05) is 84.9 Å². The lowest BCUT2D eigenvalue weighted by molar-refractivity contribution is -0.117. The molecule has 1 saturated heterocycles. The van der Waals surface area contributed by atoms with E-state index in [0.717, 1.165) is 22.2 Å². The number of anilines is 2. The Bertz CT molecular complexity index is 1630. The van der Waals surface area contributed by atoms with Gasteiger partial charge in [0.2, 0.25) is 12.1 Å². The van der Waals surface area contributed by atoms with Crippen molar-refractivity contribution in [2.24, 2.45) is 4.99 Å². The van der Waals surface area contributed by atoms with Gasteiger partial charge in [-0.1, -0.05) is 66.7 Å². The first-order valence-corrected chi connectivity index (χ1v) is 12.9. The number of rotatable bonds is 4. The van der Waals surface area contributed by atoms with Gasteiger partial charge in [-0.3, -0.25) is 15.6 Å². The average Bonchev–Trinajstić information content (AvgIpc) is 3.13. The van der Waals surface area contributed by atoms with Gasteiger partial charge in [-0.05, 0) is 18.2 Å². The minimum atomic E-state index is -1.16. The Morgan fingerprint density at radius 3 is 2.52 bits per heavy atom. The molecule has 6 rings (SSSR count). The summed E-state index contributed by atoms with van der Waals surface area (Å²) in [6.07, 6.45) is -1.16. The topological polar surface area (TPSA) is 136 Å². The van der Waals surface area contributed by atoms with E-state index in [1.165, 1.54) is 0 Å². The summed E-state index contributed by atoms with van der Waals surface area (Å²) in [5, 5.41) is 23.8. The summed E-state index contributed by atoms with van der Waals surface area (Å²) in [6, 6.07) is 26.1. The van der Waals surface area contributed by atoms with Crippen LogP contribution in [0.1, 0.15) is 16.8 Å². The number of amides is 1. The fraction of sp³-hybridized carbons (Fsp3) is 0.167. The minimum Gasteiger partial charge on any atom is -0.405 e. The van der Waals surface area contributed by atoms with E-state index < -0.39 is 18.1 Å².